The Balaban J connectivity index is 2.10. The lowest BCUT2D eigenvalue weighted by molar-refractivity contribution is -0.150. The van der Waals surface area contributed by atoms with Gasteiger partial charge in [-0.05, 0) is 31.5 Å². The van der Waals surface area contributed by atoms with E-state index < -0.39 is 24.0 Å². The van der Waals surface area contributed by atoms with Crippen molar-refractivity contribution >= 4 is 12.0 Å². The third-order valence-electron chi connectivity index (χ3n) is 3.55. The highest BCUT2D eigenvalue weighted by atomic mass is 16.6. The first kappa shape index (κ1) is 17.8. The zero-order chi connectivity index (χ0) is 17.7. The molecule has 1 heterocycles. The summed E-state index contributed by atoms with van der Waals surface area (Å²) in [5.74, 6) is -1.17. The minimum absolute atomic E-state index is 0.0547. The molecule has 1 saturated heterocycles. The van der Waals surface area contributed by atoms with Crippen molar-refractivity contribution in [3.05, 3.63) is 42.1 Å². The van der Waals surface area contributed by atoms with Crippen LogP contribution in [0.2, 0.25) is 0 Å². The van der Waals surface area contributed by atoms with Gasteiger partial charge in [-0.1, -0.05) is 18.7 Å². The maximum Gasteiger partial charge on any atom is 0.319 e. The molecule has 0 saturated carbocycles. The van der Waals surface area contributed by atoms with Crippen molar-refractivity contribution in [2.24, 2.45) is 5.92 Å². The van der Waals surface area contributed by atoms with E-state index in [4.69, 9.17) is 9.47 Å². The highest BCUT2D eigenvalue weighted by Gasteiger charge is 2.38. The van der Waals surface area contributed by atoms with Gasteiger partial charge in [0, 0.05) is 5.70 Å². The van der Waals surface area contributed by atoms with Crippen molar-refractivity contribution in [3.63, 3.8) is 0 Å². The minimum Gasteiger partial charge on any atom is -0.508 e. The molecule has 0 bridgehead atoms. The van der Waals surface area contributed by atoms with Crippen LogP contribution < -0.4 is 10.6 Å². The summed E-state index contributed by atoms with van der Waals surface area (Å²) in [6.45, 7) is 7.97. The van der Waals surface area contributed by atoms with Crippen LogP contribution >= 0.6 is 0 Å². The molecule has 0 spiro atoms. The molecule has 1 aromatic carbocycles. The normalized spacial score (nSPS) is 20.5. The van der Waals surface area contributed by atoms with Gasteiger partial charge in [-0.3, -0.25) is 4.79 Å². The number of amides is 2. The smallest absolute Gasteiger partial charge is 0.319 e. The number of ether oxygens (including phenoxy) is 2. The highest BCUT2D eigenvalue weighted by molar-refractivity contribution is 5.85. The second-order valence-electron chi connectivity index (χ2n) is 5.76. The summed E-state index contributed by atoms with van der Waals surface area (Å²) >= 11 is 0. The third-order valence-corrected chi connectivity index (χ3v) is 3.55. The van der Waals surface area contributed by atoms with Crippen molar-refractivity contribution in [3.8, 4) is 5.75 Å². The Morgan fingerprint density at radius 1 is 1.29 bits per heavy atom. The maximum atomic E-state index is 12.4. The molecule has 1 aliphatic rings. The van der Waals surface area contributed by atoms with E-state index in [9.17, 15) is 14.7 Å². The van der Waals surface area contributed by atoms with Gasteiger partial charge in [0.1, 0.15) is 18.3 Å². The molecule has 1 aromatic rings. The van der Waals surface area contributed by atoms with Gasteiger partial charge in [0.2, 0.25) is 0 Å². The molecule has 130 valence electrons. The van der Waals surface area contributed by atoms with Crippen molar-refractivity contribution in [2.45, 2.75) is 26.0 Å². The van der Waals surface area contributed by atoms with Gasteiger partial charge in [-0.2, -0.15) is 0 Å². The summed E-state index contributed by atoms with van der Waals surface area (Å²) in [4.78, 5) is 24.2. The van der Waals surface area contributed by atoms with Crippen molar-refractivity contribution < 1.29 is 24.2 Å². The zero-order valence-electron chi connectivity index (χ0n) is 13.7. The van der Waals surface area contributed by atoms with Gasteiger partial charge in [0.05, 0.1) is 18.8 Å². The first-order valence-corrected chi connectivity index (χ1v) is 7.72. The Morgan fingerprint density at radius 3 is 2.58 bits per heavy atom. The lowest BCUT2D eigenvalue weighted by atomic mass is 9.89. The minimum atomic E-state index is -0.772. The number of hydrogen-bond donors (Lipinski definition) is 3. The fourth-order valence-corrected chi connectivity index (χ4v) is 2.44. The summed E-state index contributed by atoms with van der Waals surface area (Å²) in [5, 5.41) is 14.6. The predicted octanol–water partition coefficient (Wildman–Crippen LogP) is 1.84. The highest BCUT2D eigenvalue weighted by Crippen LogP contribution is 2.31. The van der Waals surface area contributed by atoms with Gasteiger partial charge in [-0.15, -0.1) is 0 Å². The summed E-state index contributed by atoms with van der Waals surface area (Å²) < 4.78 is 10.6. The van der Waals surface area contributed by atoms with Crippen LogP contribution in [0.1, 0.15) is 25.5 Å². The lowest BCUT2D eigenvalue weighted by Gasteiger charge is -2.33. The van der Waals surface area contributed by atoms with Gasteiger partial charge in [0.15, 0.2) is 0 Å². The molecule has 0 radical (unpaired) electrons. The average molecular weight is 334 g/mol. The van der Waals surface area contributed by atoms with E-state index >= 15 is 0 Å². The van der Waals surface area contributed by atoms with Crippen LogP contribution in [-0.2, 0) is 14.3 Å². The number of phenols is 1. The molecule has 1 fully saturated rings. The van der Waals surface area contributed by atoms with Gasteiger partial charge < -0.3 is 25.2 Å². The topological polar surface area (TPSA) is 96.9 Å². The van der Waals surface area contributed by atoms with Gasteiger partial charge in [0.25, 0.3) is 0 Å². The zero-order valence-corrected chi connectivity index (χ0v) is 13.7. The largest absolute Gasteiger partial charge is 0.508 e. The Morgan fingerprint density at radius 2 is 1.96 bits per heavy atom. The molecule has 3 N–H and O–H groups in total. The van der Waals surface area contributed by atoms with Crippen molar-refractivity contribution in [1.29, 1.82) is 0 Å². The van der Waals surface area contributed by atoms with Crippen LogP contribution in [-0.4, -0.2) is 36.4 Å². The van der Waals surface area contributed by atoms with Crippen LogP contribution in [0.15, 0.2) is 36.5 Å². The molecule has 7 heteroatoms. The number of aromatic hydroxyl groups is 1. The number of benzene rings is 1. The number of urea groups is 1. The van der Waals surface area contributed by atoms with Gasteiger partial charge >= 0.3 is 12.0 Å². The maximum absolute atomic E-state index is 12.4. The standard InChI is InChI=1S/C17H22N2O5/c1-10(2)23-8-9-24-16(21)14-11(3)18-17(22)19-15(14)12-4-6-13(20)7-5-12/h4-7,10,14-15,20H,3,8-9H2,1-2H3,(H2,18,19,22)/t14-,15+/m1/s1. The van der Waals surface area contributed by atoms with E-state index in [0.29, 0.717) is 12.2 Å². The molecule has 2 atom stereocenters. The second kappa shape index (κ2) is 7.83. The van der Waals surface area contributed by atoms with Crippen LogP contribution in [0, 0.1) is 5.92 Å². The average Bonchev–Trinajstić information content (AvgIpc) is 2.51. The number of phenolic OH excluding ortho intramolecular Hbond substituents is 1. The number of hydrogen-bond acceptors (Lipinski definition) is 5. The quantitative estimate of drug-likeness (QED) is 0.545. The monoisotopic (exact) mass is 334 g/mol. The molecular formula is C17H22N2O5. The fraction of sp³-hybridized carbons (Fsp3) is 0.412. The first-order chi connectivity index (χ1) is 11.4. The van der Waals surface area contributed by atoms with Crippen LogP contribution in [0.25, 0.3) is 0 Å². The summed E-state index contributed by atoms with van der Waals surface area (Å²) in [6, 6.07) is 5.20. The number of carbonyl (C=O) groups excluding carboxylic acids is 2. The second-order valence-corrected chi connectivity index (χ2v) is 5.76. The Bertz CT molecular complexity index is 612. The molecule has 1 aliphatic heterocycles. The molecule has 2 amide bonds. The van der Waals surface area contributed by atoms with E-state index in [1.807, 2.05) is 13.8 Å². The van der Waals surface area contributed by atoms with Crippen LogP contribution in [0.5, 0.6) is 5.75 Å². The SMILES string of the molecule is C=C1NC(=O)N[C@@H](c2ccc(O)cc2)[C@@H]1C(=O)OCCOC(C)C. The third kappa shape index (κ3) is 4.48. The molecule has 7 nitrogen and oxygen atoms in total. The summed E-state index contributed by atoms with van der Waals surface area (Å²) in [5.41, 5.74) is 0.941. The number of nitrogens with one attached hydrogen (secondary N) is 2. The van der Waals surface area contributed by atoms with Crippen molar-refractivity contribution in [2.75, 3.05) is 13.2 Å². The van der Waals surface area contributed by atoms with E-state index in [1.54, 1.807) is 12.1 Å². The fourth-order valence-electron chi connectivity index (χ4n) is 2.44. The molecule has 0 aromatic heterocycles. The Kier molecular flexibility index (Phi) is 5.81. The number of esters is 1. The van der Waals surface area contributed by atoms with E-state index in [1.165, 1.54) is 12.1 Å². The van der Waals surface area contributed by atoms with Crippen LogP contribution in [0.3, 0.4) is 0 Å². The Labute approximate surface area is 140 Å². The molecule has 0 aliphatic carbocycles. The molecule has 24 heavy (non-hydrogen) atoms. The summed E-state index contributed by atoms with van der Waals surface area (Å²) in [6.07, 6.45) is 0.0547. The molecule has 2 rings (SSSR count). The van der Waals surface area contributed by atoms with E-state index in [0.717, 1.165) is 0 Å². The lowest BCUT2D eigenvalue weighted by Crippen LogP contribution is -2.51. The first-order valence-electron chi connectivity index (χ1n) is 7.72. The van der Waals surface area contributed by atoms with Crippen molar-refractivity contribution in [1.82, 2.24) is 10.6 Å². The number of carbonyl (C=O) groups is 2. The molecular weight excluding hydrogens is 312 g/mol. The Hall–Kier alpha value is -2.54. The predicted molar refractivity (Wildman–Crippen MR) is 87.2 cm³/mol. The van der Waals surface area contributed by atoms with Crippen LogP contribution in [0.4, 0.5) is 4.79 Å². The molecule has 0 unspecified atom stereocenters. The van der Waals surface area contributed by atoms with E-state index in [2.05, 4.69) is 17.2 Å². The number of rotatable bonds is 6. The van der Waals surface area contributed by atoms with E-state index in [-0.39, 0.29) is 24.2 Å². The summed E-state index contributed by atoms with van der Waals surface area (Å²) in [7, 11) is 0. The van der Waals surface area contributed by atoms with Gasteiger partial charge in [-0.25, -0.2) is 4.79 Å².